The predicted molar refractivity (Wildman–Crippen MR) is 69.9 cm³/mol. The van der Waals surface area contributed by atoms with Gasteiger partial charge in [-0.15, -0.1) is 0 Å². The van der Waals surface area contributed by atoms with Crippen LogP contribution in [0.15, 0.2) is 23.1 Å². The highest BCUT2D eigenvalue weighted by Gasteiger charge is 2.19. The minimum absolute atomic E-state index is 0.0347. The highest BCUT2D eigenvalue weighted by Crippen LogP contribution is 2.25. The molecular weight excluding hydrogens is 254 g/mol. The minimum Gasteiger partial charge on any atom is -0.398 e. The molecule has 0 radical (unpaired) electrons. The van der Waals surface area contributed by atoms with Crippen LogP contribution in [0, 0.1) is 0 Å². The molecule has 0 aliphatic carbocycles. The summed E-state index contributed by atoms with van der Waals surface area (Å²) in [6.45, 7) is 4.17. The third-order valence-electron chi connectivity index (χ3n) is 2.91. The second-order valence-electron chi connectivity index (χ2n) is 4.39. The van der Waals surface area contributed by atoms with Gasteiger partial charge in [-0.3, -0.25) is 0 Å². The molecule has 1 aliphatic heterocycles. The maximum Gasteiger partial charge on any atom is 0.240 e. The van der Waals surface area contributed by atoms with Gasteiger partial charge in [0.1, 0.15) is 4.90 Å². The first kappa shape index (κ1) is 13.1. The first-order valence-electron chi connectivity index (χ1n) is 5.67. The van der Waals surface area contributed by atoms with Gasteiger partial charge in [-0.25, -0.2) is 13.6 Å². The molecule has 4 N–H and O–H groups in total. The number of hydrogen-bond acceptors (Lipinski definition) is 5. The van der Waals surface area contributed by atoms with Gasteiger partial charge in [-0.1, -0.05) is 0 Å². The Hall–Kier alpha value is -1.31. The fourth-order valence-corrected chi connectivity index (χ4v) is 2.69. The summed E-state index contributed by atoms with van der Waals surface area (Å²) < 4.78 is 28.0. The summed E-state index contributed by atoms with van der Waals surface area (Å²) in [5.74, 6) is 0. The van der Waals surface area contributed by atoms with E-state index in [1.807, 2.05) is 6.92 Å². The Bertz CT molecular complexity index is 544. The van der Waals surface area contributed by atoms with Crippen LogP contribution in [0.3, 0.4) is 0 Å². The van der Waals surface area contributed by atoms with E-state index >= 15 is 0 Å². The Morgan fingerprint density at radius 3 is 2.72 bits per heavy atom. The number of anilines is 2. The fraction of sp³-hybridized carbons (Fsp3) is 0.455. The van der Waals surface area contributed by atoms with Gasteiger partial charge in [-0.05, 0) is 25.1 Å². The second kappa shape index (κ2) is 4.75. The molecule has 6 nitrogen and oxygen atoms in total. The molecule has 1 aromatic carbocycles. The maximum atomic E-state index is 11.3. The van der Waals surface area contributed by atoms with E-state index in [2.05, 4.69) is 4.90 Å². The monoisotopic (exact) mass is 271 g/mol. The SMILES string of the molecule is CC1CN(c2ccc(S(N)(=O)=O)c(N)c2)CCO1. The second-order valence-corrected chi connectivity index (χ2v) is 5.92. The first-order chi connectivity index (χ1) is 8.38. The molecule has 0 aromatic heterocycles. The van der Waals surface area contributed by atoms with Crippen LogP contribution in [-0.4, -0.2) is 34.2 Å². The van der Waals surface area contributed by atoms with Gasteiger partial charge < -0.3 is 15.4 Å². The van der Waals surface area contributed by atoms with Crippen molar-refractivity contribution in [2.45, 2.75) is 17.9 Å². The topological polar surface area (TPSA) is 98.7 Å². The summed E-state index contributed by atoms with van der Waals surface area (Å²) in [5.41, 5.74) is 6.79. The Morgan fingerprint density at radius 2 is 2.17 bits per heavy atom. The Kier molecular flexibility index (Phi) is 3.47. The summed E-state index contributed by atoms with van der Waals surface area (Å²) in [7, 11) is -3.76. The lowest BCUT2D eigenvalue weighted by molar-refractivity contribution is 0.0532. The molecule has 1 fully saturated rings. The molecule has 1 atom stereocenters. The number of rotatable bonds is 2. The van der Waals surface area contributed by atoms with E-state index < -0.39 is 10.0 Å². The zero-order chi connectivity index (χ0) is 13.3. The van der Waals surface area contributed by atoms with E-state index in [-0.39, 0.29) is 16.7 Å². The third-order valence-corrected chi connectivity index (χ3v) is 3.89. The number of ether oxygens (including phenoxy) is 1. The Balaban J connectivity index is 2.29. The van der Waals surface area contributed by atoms with Gasteiger partial charge in [-0.2, -0.15) is 0 Å². The molecule has 2 rings (SSSR count). The first-order valence-corrected chi connectivity index (χ1v) is 7.21. The average molecular weight is 271 g/mol. The lowest BCUT2D eigenvalue weighted by Crippen LogP contribution is -2.41. The van der Waals surface area contributed by atoms with Crippen LogP contribution in [0.1, 0.15) is 6.92 Å². The van der Waals surface area contributed by atoms with E-state index in [0.29, 0.717) is 6.61 Å². The highest BCUT2D eigenvalue weighted by molar-refractivity contribution is 7.89. The van der Waals surface area contributed by atoms with E-state index in [1.165, 1.54) is 6.07 Å². The molecule has 1 saturated heterocycles. The summed E-state index contributed by atoms with van der Waals surface area (Å²) >= 11 is 0. The molecule has 0 saturated carbocycles. The van der Waals surface area contributed by atoms with Crippen LogP contribution in [0.25, 0.3) is 0 Å². The van der Waals surface area contributed by atoms with Crippen LogP contribution in [0.2, 0.25) is 0 Å². The smallest absolute Gasteiger partial charge is 0.240 e. The van der Waals surface area contributed by atoms with E-state index in [9.17, 15) is 8.42 Å². The quantitative estimate of drug-likeness (QED) is 0.746. The van der Waals surface area contributed by atoms with Crippen LogP contribution >= 0.6 is 0 Å². The zero-order valence-corrected chi connectivity index (χ0v) is 11.0. The number of nitrogens with two attached hydrogens (primary N) is 2. The minimum atomic E-state index is -3.76. The summed E-state index contributed by atoms with van der Waals surface area (Å²) in [4.78, 5) is 2.07. The van der Waals surface area contributed by atoms with Crippen molar-refractivity contribution < 1.29 is 13.2 Å². The fourth-order valence-electron chi connectivity index (χ4n) is 2.04. The van der Waals surface area contributed by atoms with Crippen molar-refractivity contribution in [3.8, 4) is 0 Å². The van der Waals surface area contributed by atoms with Crippen molar-refractivity contribution >= 4 is 21.4 Å². The number of sulfonamides is 1. The molecule has 7 heteroatoms. The van der Waals surface area contributed by atoms with E-state index in [1.54, 1.807) is 12.1 Å². The molecular formula is C11H17N3O3S. The van der Waals surface area contributed by atoms with Crippen LogP contribution in [0.5, 0.6) is 0 Å². The van der Waals surface area contributed by atoms with E-state index in [0.717, 1.165) is 18.8 Å². The van der Waals surface area contributed by atoms with Gasteiger partial charge in [0.25, 0.3) is 0 Å². The standard InChI is InChI=1S/C11H17N3O3S/c1-8-7-14(4-5-17-8)9-2-3-11(10(12)6-9)18(13,15)16/h2-3,6,8H,4-5,7,12H2,1H3,(H2,13,15,16). The number of nitrogens with zero attached hydrogens (tertiary/aromatic N) is 1. The Labute approximate surface area is 107 Å². The molecule has 100 valence electrons. The third kappa shape index (κ3) is 2.74. The number of benzene rings is 1. The lowest BCUT2D eigenvalue weighted by Gasteiger charge is -2.33. The summed E-state index contributed by atoms with van der Waals surface area (Å²) in [6.07, 6.45) is 0.151. The molecule has 1 unspecified atom stereocenters. The van der Waals surface area contributed by atoms with Crippen LogP contribution < -0.4 is 15.8 Å². The number of hydrogen-bond donors (Lipinski definition) is 2. The van der Waals surface area contributed by atoms with Crippen LogP contribution in [-0.2, 0) is 14.8 Å². The van der Waals surface area contributed by atoms with Gasteiger partial charge in [0, 0.05) is 18.8 Å². The molecule has 0 spiro atoms. The van der Waals surface area contributed by atoms with Crippen molar-refractivity contribution in [1.29, 1.82) is 0 Å². The maximum absolute atomic E-state index is 11.3. The van der Waals surface area contributed by atoms with Crippen LogP contribution in [0.4, 0.5) is 11.4 Å². The summed E-state index contributed by atoms with van der Waals surface area (Å²) in [6, 6.07) is 4.80. The van der Waals surface area contributed by atoms with Crippen molar-refractivity contribution in [3.63, 3.8) is 0 Å². The van der Waals surface area contributed by atoms with Crippen molar-refractivity contribution in [2.75, 3.05) is 30.3 Å². The van der Waals surface area contributed by atoms with Crippen molar-refractivity contribution in [3.05, 3.63) is 18.2 Å². The largest absolute Gasteiger partial charge is 0.398 e. The molecule has 1 aromatic rings. The van der Waals surface area contributed by atoms with E-state index in [4.69, 9.17) is 15.6 Å². The normalized spacial score (nSPS) is 21.0. The average Bonchev–Trinajstić information content (AvgIpc) is 2.27. The zero-order valence-electron chi connectivity index (χ0n) is 10.2. The highest BCUT2D eigenvalue weighted by atomic mass is 32.2. The number of nitrogen functional groups attached to an aromatic ring is 1. The lowest BCUT2D eigenvalue weighted by atomic mass is 10.2. The van der Waals surface area contributed by atoms with Crippen molar-refractivity contribution in [2.24, 2.45) is 5.14 Å². The molecule has 1 heterocycles. The number of morpholine rings is 1. The van der Waals surface area contributed by atoms with Gasteiger partial charge >= 0.3 is 0 Å². The predicted octanol–water partition coefficient (Wildman–Crippen LogP) is 0.141. The van der Waals surface area contributed by atoms with Gasteiger partial charge in [0.2, 0.25) is 10.0 Å². The van der Waals surface area contributed by atoms with Gasteiger partial charge in [0.15, 0.2) is 0 Å². The molecule has 1 aliphatic rings. The summed E-state index contributed by atoms with van der Waals surface area (Å²) in [5, 5.41) is 5.07. The molecule has 0 amide bonds. The molecule has 0 bridgehead atoms. The van der Waals surface area contributed by atoms with Gasteiger partial charge in [0.05, 0.1) is 18.4 Å². The Morgan fingerprint density at radius 1 is 1.44 bits per heavy atom. The number of primary sulfonamides is 1. The molecule has 18 heavy (non-hydrogen) atoms. The van der Waals surface area contributed by atoms with Crippen molar-refractivity contribution in [1.82, 2.24) is 0 Å².